The second-order valence-corrected chi connectivity index (χ2v) is 6.34. The third-order valence-corrected chi connectivity index (χ3v) is 1.83. The molecule has 0 atom stereocenters. The summed E-state index contributed by atoms with van der Waals surface area (Å²) in [5.41, 5.74) is -1.53. The Morgan fingerprint density at radius 2 is 1.21 bits per heavy atom. The molecular weight excluding hydrogens is 252 g/mol. The Kier molecular flexibility index (Phi) is 5.96. The van der Waals surface area contributed by atoms with Crippen molar-refractivity contribution in [3.05, 3.63) is 0 Å². The van der Waals surface area contributed by atoms with E-state index in [1.165, 1.54) is 0 Å². The van der Waals surface area contributed by atoms with Gasteiger partial charge in [-0.3, -0.25) is 9.59 Å². The van der Waals surface area contributed by atoms with Crippen LogP contribution in [0.5, 0.6) is 0 Å². The van der Waals surface area contributed by atoms with Crippen LogP contribution in [0.25, 0.3) is 0 Å². The molecule has 0 aromatic carbocycles. The largest absolute Gasteiger partial charge is 0.459 e. The first-order valence-corrected chi connectivity index (χ1v) is 6.13. The van der Waals surface area contributed by atoms with Crippen LogP contribution in [0, 0.1) is 5.92 Å². The average Bonchev–Trinajstić information content (AvgIpc) is 2.07. The number of carbonyl (C=O) groups is 2. The fourth-order valence-corrected chi connectivity index (χ4v) is 1.25. The van der Waals surface area contributed by atoms with Gasteiger partial charge in [0.05, 0.1) is 0 Å². The first kappa shape index (κ1) is 17.9. The summed E-state index contributed by atoms with van der Waals surface area (Å²) in [6, 6.07) is 0. The third kappa shape index (κ3) is 8.56. The zero-order valence-electron chi connectivity index (χ0n) is 12.4. The summed E-state index contributed by atoms with van der Waals surface area (Å²) >= 11 is 0. The van der Waals surface area contributed by atoms with E-state index in [-0.39, 0.29) is 0 Å². The number of hydrogen-bond donors (Lipinski definition) is 2. The van der Waals surface area contributed by atoms with E-state index < -0.39 is 41.8 Å². The summed E-state index contributed by atoms with van der Waals surface area (Å²) in [6.45, 7) is 9.95. The van der Waals surface area contributed by atoms with E-state index in [1.807, 2.05) is 0 Å². The maximum atomic E-state index is 11.9. The summed E-state index contributed by atoms with van der Waals surface area (Å²) in [5.74, 6) is -3.00. The molecule has 6 nitrogen and oxygen atoms in total. The standard InChI is InChI=1S/C13H24O6/c1-12(2,3)18-10(16)8(7-9(14)15)11(17)19-13(4,5)6/h8-9,14-15H,7H2,1-6H3. The van der Waals surface area contributed by atoms with E-state index in [0.717, 1.165) is 0 Å². The molecule has 0 saturated heterocycles. The van der Waals surface area contributed by atoms with Crippen molar-refractivity contribution in [1.82, 2.24) is 0 Å². The Balaban J connectivity index is 4.90. The lowest BCUT2D eigenvalue weighted by molar-refractivity contribution is -0.179. The molecule has 0 saturated carbocycles. The number of rotatable bonds is 4. The van der Waals surface area contributed by atoms with Gasteiger partial charge in [0.25, 0.3) is 0 Å². The number of aliphatic hydroxyl groups excluding tert-OH is 1. The van der Waals surface area contributed by atoms with Crippen molar-refractivity contribution >= 4 is 11.9 Å². The summed E-state index contributed by atoms with van der Waals surface area (Å²) < 4.78 is 10.1. The molecule has 0 spiro atoms. The van der Waals surface area contributed by atoms with Crippen LogP contribution in [0.2, 0.25) is 0 Å². The molecule has 0 aliphatic carbocycles. The topological polar surface area (TPSA) is 93.1 Å². The zero-order chi connectivity index (χ0) is 15.4. The van der Waals surface area contributed by atoms with Crippen molar-refractivity contribution in [1.29, 1.82) is 0 Å². The predicted octanol–water partition coefficient (Wildman–Crippen LogP) is 0.987. The van der Waals surface area contributed by atoms with Crippen molar-refractivity contribution in [3.63, 3.8) is 0 Å². The first-order chi connectivity index (χ1) is 8.32. The van der Waals surface area contributed by atoms with Gasteiger partial charge in [-0.2, -0.15) is 0 Å². The van der Waals surface area contributed by atoms with E-state index >= 15 is 0 Å². The lowest BCUT2D eigenvalue weighted by Crippen LogP contribution is -2.38. The van der Waals surface area contributed by atoms with Crippen molar-refractivity contribution < 1.29 is 29.3 Å². The number of ether oxygens (including phenoxy) is 2. The fraction of sp³-hybridized carbons (Fsp3) is 0.846. The van der Waals surface area contributed by atoms with Crippen LogP contribution < -0.4 is 0 Å². The number of esters is 2. The van der Waals surface area contributed by atoms with Gasteiger partial charge in [0.15, 0.2) is 12.2 Å². The highest BCUT2D eigenvalue weighted by atomic mass is 16.6. The van der Waals surface area contributed by atoms with Crippen LogP contribution in [-0.4, -0.2) is 39.6 Å². The molecule has 0 radical (unpaired) electrons. The smallest absolute Gasteiger partial charge is 0.321 e. The summed E-state index contributed by atoms with van der Waals surface area (Å²) in [5, 5.41) is 17.9. The van der Waals surface area contributed by atoms with Crippen molar-refractivity contribution in [2.75, 3.05) is 0 Å². The van der Waals surface area contributed by atoms with Crippen LogP contribution in [0.1, 0.15) is 48.0 Å². The van der Waals surface area contributed by atoms with Crippen LogP contribution in [-0.2, 0) is 19.1 Å². The van der Waals surface area contributed by atoms with Gasteiger partial charge >= 0.3 is 11.9 Å². The Labute approximate surface area is 113 Å². The van der Waals surface area contributed by atoms with E-state index in [2.05, 4.69) is 0 Å². The summed E-state index contributed by atoms with van der Waals surface area (Å²) in [7, 11) is 0. The second kappa shape index (κ2) is 6.34. The zero-order valence-corrected chi connectivity index (χ0v) is 12.4. The summed E-state index contributed by atoms with van der Waals surface area (Å²) in [4.78, 5) is 23.8. The normalized spacial score (nSPS) is 12.7. The second-order valence-electron chi connectivity index (χ2n) is 6.34. The minimum atomic E-state index is -1.79. The molecule has 0 aromatic heterocycles. The van der Waals surface area contributed by atoms with Gasteiger partial charge in [0, 0.05) is 6.42 Å². The Bertz CT molecular complexity index is 293. The molecule has 0 bridgehead atoms. The predicted molar refractivity (Wildman–Crippen MR) is 68.0 cm³/mol. The highest BCUT2D eigenvalue weighted by molar-refractivity contribution is 5.95. The monoisotopic (exact) mass is 276 g/mol. The minimum Gasteiger partial charge on any atom is -0.459 e. The lowest BCUT2D eigenvalue weighted by atomic mass is 10.0. The summed E-state index contributed by atoms with van der Waals surface area (Å²) in [6.07, 6.45) is -2.24. The highest BCUT2D eigenvalue weighted by Gasteiger charge is 2.36. The van der Waals surface area contributed by atoms with E-state index in [0.29, 0.717) is 0 Å². The molecule has 0 fully saturated rings. The molecule has 0 unspecified atom stereocenters. The van der Waals surface area contributed by atoms with Crippen LogP contribution >= 0.6 is 0 Å². The molecule has 6 heteroatoms. The van der Waals surface area contributed by atoms with E-state index in [9.17, 15) is 9.59 Å². The lowest BCUT2D eigenvalue weighted by Gasteiger charge is -2.26. The molecule has 0 amide bonds. The maximum absolute atomic E-state index is 11.9. The first-order valence-electron chi connectivity index (χ1n) is 6.13. The van der Waals surface area contributed by atoms with Crippen molar-refractivity contribution in [3.8, 4) is 0 Å². The van der Waals surface area contributed by atoms with Crippen molar-refractivity contribution in [2.24, 2.45) is 5.92 Å². The molecular formula is C13H24O6. The fourth-order valence-electron chi connectivity index (χ4n) is 1.25. The van der Waals surface area contributed by atoms with Gasteiger partial charge in [-0.15, -0.1) is 0 Å². The number of hydrogen-bond acceptors (Lipinski definition) is 6. The van der Waals surface area contributed by atoms with Gasteiger partial charge in [-0.05, 0) is 41.5 Å². The molecule has 0 aliphatic rings. The van der Waals surface area contributed by atoms with E-state index in [1.54, 1.807) is 41.5 Å². The van der Waals surface area contributed by atoms with Crippen LogP contribution in [0.4, 0.5) is 0 Å². The SMILES string of the molecule is CC(C)(C)OC(=O)C(CC(O)O)C(=O)OC(C)(C)C. The van der Waals surface area contributed by atoms with Gasteiger partial charge in [0.1, 0.15) is 11.2 Å². The Morgan fingerprint density at radius 1 is 0.895 bits per heavy atom. The van der Waals surface area contributed by atoms with Crippen LogP contribution in [0.15, 0.2) is 0 Å². The van der Waals surface area contributed by atoms with Gasteiger partial charge in [-0.25, -0.2) is 0 Å². The molecule has 0 aliphatic heterocycles. The molecule has 2 N–H and O–H groups in total. The number of aliphatic hydroxyl groups is 2. The van der Waals surface area contributed by atoms with Gasteiger partial charge < -0.3 is 19.7 Å². The Hall–Kier alpha value is -1.14. The molecule has 0 heterocycles. The average molecular weight is 276 g/mol. The molecule has 0 aromatic rings. The quantitative estimate of drug-likeness (QED) is 0.452. The third-order valence-electron chi connectivity index (χ3n) is 1.83. The molecule has 19 heavy (non-hydrogen) atoms. The molecule has 0 rings (SSSR count). The minimum absolute atomic E-state index is 0.455. The van der Waals surface area contributed by atoms with Crippen LogP contribution in [0.3, 0.4) is 0 Å². The van der Waals surface area contributed by atoms with Crippen molar-refractivity contribution in [2.45, 2.75) is 65.5 Å². The maximum Gasteiger partial charge on any atom is 0.321 e. The van der Waals surface area contributed by atoms with Gasteiger partial charge in [0.2, 0.25) is 0 Å². The van der Waals surface area contributed by atoms with E-state index in [4.69, 9.17) is 19.7 Å². The number of carbonyl (C=O) groups excluding carboxylic acids is 2. The Morgan fingerprint density at radius 3 is 1.42 bits per heavy atom. The van der Waals surface area contributed by atoms with Gasteiger partial charge in [-0.1, -0.05) is 0 Å². The molecule has 112 valence electrons. The highest BCUT2D eigenvalue weighted by Crippen LogP contribution is 2.19.